The molecular weight excluding hydrogens is 230 g/mol. The van der Waals surface area contributed by atoms with E-state index in [1.807, 2.05) is 25.1 Å². The first kappa shape index (κ1) is 11.7. The lowest BCUT2D eigenvalue weighted by molar-refractivity contribution is 0.00524. The van der Waals surface area contributed by atoms with Crippen LogP contribution >= 0.6 is 0 Å². The molecule has 0 bridgehead atoms. The molecule has 1 saturated carbocycles. The molecule has 2 heterocycles. The summed E-state index contributed by atoms with van der Waals surface area (Å²) in [5.41, 5.74) is 6.16. The van der Waals surface area contributed by atoms with Gasteiger partial charge in [0.15, 0.2) is 0 Å². The van der Waals surface area contributed by atoms with Crippen molar-refractivity contribution in [3.63, 3.8) is 0 Å². The maximum absolute atomic E-state index is 6.16. The monoisotopic (exact) mass is 249 g/mol. The van der Waals surface area contributed by atoms with Crippen molar-refractivity contribution in [1.29, 1.82) is 0 Å². The molecule has 0 aromatic carbocycles. The van der Waals surface area contributed by atoms with Gasteiger partial charge in [0.2, 0.25) is 5.95 Å². The van der Waals surface area contributed by atoms with Crippen LogP contribution in [-0.2, 0) is 4.74 Å². The minimum atomic E-state index is 0.162. The molecule has 1 aliphatic heterocycles. The highest BCUT2D eigenvalue weighted by Crippen LogP contribution is 2.39. The van der Waals surface area contributed by atoms with Gasteiger partial charge in [0.05, 0.1) is 12.1 Å². The third-order valence-electron chi connectivity index (χ3n) is 3.80. The SMILES string of the molecule is CN(C)c1nccc(NC2C(N)C3CCOC32)n1. The average Bonchev–Trinajstić information content (AvgIpc) is 2.81. The highest BCUT2D eigenvalue weighted by atomic mass is 16.5. The number of hydrogen-bond donors (Lipinski definition) is 2. The average molecular weight is 249 g/mol. The Morgan fingerprint density at radius 1 is 1.50 bits per heavy atom. The Bertz CT molecular complexity index is 438. The third-order valence-corrected chi connectivity index (χ3v) is 3.80. The summed E-state index contributed by atoms with van der Waals surface area (Å²) in [6, 6.07) is 2.19. The Morgan fingerprint density at radius 3 is 3.11 bits per heavy atom. The molecule has 0 radical (unpaired) electrons. The number of nitrogens with two attached hydrogens (primary N) is 1. The summed E-state index contributed by atoms with van der Waals surface area (Å²) in [5, 5.41) is 3.37. The molecule has 1 aliphatic carbocycles. The molecule has 2 fully saturated rings. The molecule has 4 unspecified atom stereocenters. The summed E-state index contributed by atoms with van der Waals surface area (Å²) in [5.74, 6) is 2.01. The van der Waals surface area contributed by atoms with E-state index in [0.717, 1.165) is 18.8 Å². The summed E-state index contributed by atoms with van der Waals surface area (Å²) in [7, 11) is 3.84. The van der Waals surface area contributed by atoms with Gasteiger partial charge in [0.25, 0.3) is 0 Å². The number of anilines is 2. The van der Waals surface area contributed by atoms with Crippen LogP contribution in [0.2, 0.25) is 0 Å². The molecule has 4 atom stereocenters. The third kappa shape index (κ3) is 1.81. The number of nitrogens with zero attached hydrogens (tertiary/aromatic N) is 3. The van der Waals surface area contributed by atoms with E-state index in [2.05, 4.69) is 15.3 Å². The van der Waals surface area contributed by atoms with Gasteiger partial charge in [-0.2, -0.15) is 4.98 Å². The number of rotatable bonds is 3. The largest absolute Gasteiger partial charge is 0.376 e. The van der Waals surface area contributed by atoms with Crippen LogP contribution in [0.25, 0.3) is 0 Å². The van der Waals surface area contributed by atoms with E-state index in [-0.39, 0.29) is 18.2 Å². The fourth-order valence-electron chi connectivity index (χ4n) is 2.74. The van der Waals surface area contributed by atoms with E-state index in [0.29, 0.717) is 11.9 Å². The Balaban J connectivity index is 1.71. The number of nitrogens with one attached hydrogen (secondary N) is 1. The quantitative estimate of drug-likeness (QED) is 0.789. The van der Waals surface area contributed by atoms with E-state index in [4.69, 9.17) is 10.5 Å². The zero-order valence-corrected chi connectivity index (χ0v) is 10.7. The maximum atomic E-state index is 6.16. The highest BCUT2D eigenvalue weighted by molar-refractivity contribution is 5.43. The summed E-state index contributed by atoms with van der Waals surface area (Å²) in [4.78, 5) is 10.5. The molecule has 2 aliphatic rings. The van der Waals surface area contributed by atoms with Gasteiger partial charge in [-0.3, -0.25) is 0 Å². The zero-order chi connectivity index (χ0) is 12.7. The lowest BCUT2D eigenvalue weighted by Gasteiger charge is -2.45. The van der Waals surface area contributed by atoms with Crippen LogP contribution in [0.15, 0.2) is 12.3 Å². The first-order valence-corrected chi connectivity index (χ1v) is 6.31. The molecular formula is C12H19N5O. The molecule has 6 heteroatoms. The number of aromatic nitrogens is 2. The van der Waals surface area contributed by atoms with Crippen molar-refractivity contribution >= 4 is 11.8 Å². The molecule has 18 heavy (non-hydrogen) atoms. The minimum absolute atomic E-state index is 0.162. The smallest absolute Gasteiger partial charge is 0.226 e. The van der Waals surface area contributed by atoms with Crippen molar-refractivity contribution in [2.24, 2.45) is 11.7 Å². The van der Waals surface area contributed by atoms with Gasteiger partial charge < -0.3 is 20.7 Å². The van der Waals surface area contributed by atoms with Gasteiger partial charge in [0.1, 0.15) is 5.82 Å². The van der Waals surface area contributed by atoms with Crippen molar-refractivity contribution in [3.8, 4) is 0 Å². The minimum Gasteiger partial charge on any atom is -0.376 e. The highest BCUT2D eigenvalue weighted by Gasteiger charge is 2.52. The van der Waals surface area contributed by atoms with Crippen LogP contribution in [0.5, 0.6) is 0 Å². The molecule has 3 rings (SSSR count). The van der Waals surface area contributed by atoms with Gasteiger partial charge in [-0.05, 0) is 12.5 Å². The van der Waals surface area contributed by atoms with Crippen LogP contribution in [0, 0.1) is 5.92 Å². The number of fused-ring (bicyclic) bond motifs is 1. The van der Waals surface area contributed by atoms with Crippen LogP contribution in [0.1, 0.15) is 6.42 Å². The lowest BCUT2D eigenvalue weighted by Crippen LogP contribution is -2.65. The Morgan fingerprint density at radius 2 is 2.33 bits per heavy atom. The van der Waals surface area contributed by atoms with Gasteiger partial charge in [-0.1, -0.05) is 0 Å². The van der Waals surface area contributed by atoms with Gasteiger partial charge in [-0.15, -0.1) is 0 Å². The summed E-state index contributed by atoms with van der Waals surface area (Å²) in [6.07, 6.45) is 3.08. The van der Waals surface area contributed by atoms with E-state index in [9.17, 15) is 0 Å². The molecule has 6 nitrogen and oxygen atoms in total. The number of ether oxygens (including phenoxy) is 1. The van der Waals surface area contributed by atoms with Gasteiger partial charge in [-0.25, -0.2) is 4.98 Å². The Hall–Kier alpha value is -1.40. The summed E-state index contributed by atoms with van der Waals surface area (Å²) in [6.45, 7) is 0.827. The predicted octanol–water partition coefficient (Wildman–Crippen LogP) is 0.0691. The fourth-order valence-corrected chi connectivity index (χ4v) is 2.74. The van der Waals surface area contributed by atoms with Crippen molar-refractivity contribution < 1.29 is 4.74 Å². The molecule has 3 N–H and O–H groups in total. The van der Waals surface area contributed by atoms with Crippen LogP contribution < -0.4 is 16.0 Å². The molecule has 0 amide bonds. The van der Waals surface area contributed by atoms with E-state index >= 15 is 0 Å². The summed E-state index contributed by atoms with van der Waals surface area (Å²) >= 11 is 0. The molecule has 1 aromatic heterocycles. The topological polar surface area (TPSA) is 76.3 Å². The van der Waals surface area contributed by atoms with E-state index in [1.54, 1.807) is 6.20 Å². The van der Waals surface area contributed by atoms with Crippen molar-refractivity contribution in [2.45, 2.75) is 24.6 Å². The van der Waals surface area contributed by atoms with Gasteiger partial charge >= 0.3 is 0 Å². The second-order valence-corrected chi connectivity index (χ2v) is 5.17. The predicted molar refractivity (Wildman–Crippen MR) is 69.6 cm³/mol. The first-order chi connectivity index (χ1) is 8.66. The van der Waals surface area contributed by atoms with Crippen LogP contribution in [-0.4, -0.2) is 48.9 Å². The molecule has 0 spiro atoms. The fraction of sp³-hybridized carbons (Fsp3) is 0.667. The standard InChI is InChI=1S/C12H19N5O/c1-17(2)12-14-5-3-8(16-12)15-10-9(13)7-4-6-18-11(7)10/h3,5,7,9-11H,4,6,13H2,1-2H3,(H,14,15,16). The molecule has 98 valence electrons. The van der Waals surface area contributed by atoms with Crippen LogP contribution in [0.4, 0.5) is 11.8 Å². The summed E-state index contributed by atoms with van der Waals surface area (Å²) < 4.78 is 5.69. The van der Waals surface area contributed by atoms with E-state index < -0.39 is 0 Å². The zero-order valence-electron chi connectivity index (χ0n) is 10.7. The molecule has 1 saturated heterocycles. The Kier molecular flexibility index (Phi) is 2.83. The van der Waals surface area contributed by atoms with E-state index in [1.165, 1.54) is 0 Å². The van der Waals surface area contributed by atoms with Crippen molar-refractivity contribution in [1.82, 2.24) is 9.97 Å². The first-order valence-electron chi connectivity index (χ1n) is 6.31. The molecule has 1 aromatic rings. The van der Waals surface area contributed by atoms with Crippen molar-refractivity contribution in [3.05, 3.63) is 12.3 Å². The normalized spacial score (nSPS) is 33.7. The maximum Gasteiger partial charge on any atom is 0.226 e. The lowest BCUT2D eigenvalue weighted by atomic mass is 9.72. The second-order valence-electron chi connectivity index (χ2n) is 5.17. The van der Waals surface area contributed by atoms with Gasteiger partial charge in [0, 0.05) is 38.9 Å². The second kappa shape index (κ2) is 4.37. The Labute approximate surface area is 107 Å². The van der Waals surface area contributed by atoms with Crippen molar-refractivity contribution in [2.75, 3.05) is 30.9 Å². The number of hydrogen-bond acceptors (Lipinski definition) is 6. The van der Waals surface area contributed by atoms with Crippen LogP contribution in [0.3, 0.4) is 0 Å².